The van der Waals surface area contributed by atoms with Gasteiger partial charge < -0.3 is 14.6 Å². The Balaban J connectivity index is 1.41. The van der Waals surface area contributed by atoms with E-state index in [4.69, 9.17) is 4.42 Å². The molecular weight excluding hydrogens is 328 g/mol. The number of nitrogens with zero attached hydrogens (tertiary/aromatic N) is 3. The predicted molar refractivity (Wildman–Crippen MR) is 97.3 cm³/mol. The second-order valence-corrected chi connectivity index (χ2v) is 7.31. The molecule has 1 saturated carbocycles. The fourth-order valence-electron chi connectivity index (χ4n) is 4.16. The molecule has 6 heteroatoms. The molecule has 2 aromatic heterocycles. The fourth-order valence-corrected chi connectivity index (χ4v) is 4.16. The first-order chi connectivity index (χ1) is 12.7. The Labute approximate surface area is 151 Å². The molecule has 1 saturated heterocycles. The van der Waals surface area contributed by atoms with Crippen LogP contribution in [0.25, 0.3) is 11.0 Å². The number of rotatable bonds is 5. The zero-order chi connectivity index (χ0) is 17.7. The van der Waals surface area contributed by atoms with Crippen LogP contribution in [-0.4, -0.2) is 32.7 Å². The van der Waals surface area contributed by atoms with E-state index in [1.165, 1.54) is 0 Å². The highest BCUT2D eigenvalue weighted by Crippen LogP contribution is 2.41. The summed E-state index contributed by atoms with van der Waals surface area (Å²) in [6.07, 6.45) is 6.37. The molecule has 2 aliphatic rings. The van der Waals surface area contributed by atoms with E-state index in [1.807, 2.05) is 48.5 Å². The molecule has 3 aromatic rings. The van der Waals surface area contributed by atoms with Gasteiger partial charge in [-0.2, -0.15) is 5.10 Å². The van der Waals surface area contributed by atoms with Gasteiger partial charge in [-0.3, -0.25) is 9.48 Å². The van der Waals surface area contributed by atoms with E-state index < -0.39 is 0 Å². The van der Waals surface area contributed by atoms with Gasteiger partial charge in [-0.05, 0) is 25.0 Å². The second kappa shape index (κ2) is 5.99. The summed E-state index contributed by atoms with van der Waals surface area (Å²) in [6, 6.07) is 10.6. The third-order valence-electron chi connectivity index (χ3n) is 5.58. The normalized spacial score (nSPS) is 23.3. The van der Waals surface area contributed by atoms with Crippen LogP contribution in [0.3, 0.4) is 0 Å². The van der Waals surface area contributed by atoms with Crippen molar-refractivity contribution in [3.63, 3.8) is 0 Å². The minimum atomic E-state index is 0.0423. The van der Waals surface area contributed by atoms with E-state index in [-0.39, 0.29) is 18.0 Å². The maximum Gasteiger partial charge on any atom is 0.225 e. The van der Waals surface area contributed by atoms with Crippen LogP contribution in [-0.2, 0) is 18.4 Å². The van der Waals surface area contributed by atoms with Crippen LogP contribution in [0.4, 0.5) is 0 Å². The number of carbonyl (C=O) groups is 1. The highest BCUT2D eigenvalue weighted by atomic mass is 16.3. The average Bonchev–Trinajstić information content (AvgIpc) is 3.11. The zero-order valence-electron chi connectivity index (χ0n) is 14.8. The first kappa shape index (κ1) is 15.6. The van der Waals surface area contributed by atoms with Crippen molar-refractivity contribution in [1.82, 2.24) is 20.0 Å². The van der Waals surface area contributed by atoms with Gasteiger partial charge in [0.1, 0.15) is 5.58 Å². The van der Waals surface area contributed by atoms with Crippen molar-refractivity contribution in [2.24, 2.45) is 7.05 Å². The lowest BCUT2D eigenvalue weighted by molar-refractivity contribution is -0.129. The van der Waals surface area contributed by atoms with Crippen LogP contribution in [0.2, 0.25) is 0 Å². The number of hydrogen-bond donors (Lipinski definition) is 1. The van der Waals surface area contributed by atoms with Crippen LogP contribution in [0, 0.1) is 0 Å². The van der Waals surface area contributed by atoms with E-state index in [2.05, 4.69) is 21.4 Å². The summed E-state index contributed by atoms with van der Waals surface area (Å²) in [5, 5.41) is 9.07. The minimum absolute atomic E-state index is 0.0423. The van der Waals surface area contributed by atoms with Crippen molar-refractivity contribution in [3.05, 3.63) is 54.0 Å². The van der Waals surface area contributed by atoms with Crippen molar-refractivity contribution < 1.29 is 9.21 Å². The average molecular weight is 350 g/mol. The van der Waals surface area contributed by atoms with Crippen molar-refractivity contribution in [3.8, 4) is 0 Å². The van der Waals surface area contributed by atoms with Crippen LogP contribution in [0.15, 0.2) is 47.2 Å². The molecular formula is C20H22N4O2. The summed E-state index contributed by atoms with van der Waals surface area (Å²) in [7, 11) is 1.95. The molecule has 1 aliphatic carbocycles. The highest BCUT2D eigenvalue weighted by molar-refractivity contribution is 5.82. The Hall–Kier alpha value is -2.60. The van der Waals surface area contributed by atoms with Crippen LogP contribution in [0.1, 0.15) is 36.6 Å². The summed E-state index contributed by atoms with van der Waals surface area (Å²) in [5.41, 5.74) is 3.12. The van der Waals surface area contributed by atoms with Crippen molar-refractivity contribution >= 4 is 16.9 Å². The van der Waals surface area contributed by atoms with Gasteiger partial charge in [0.25, 0.3) is 0 Å². The van der Waals surface area contributed by atoms with Crippen molar-refractivity contribution in [2.45, 2.75) is 43.9 Å². The lowest BCUT2D eigenvalue weighted by Gasteiger charge is -2.29. The Morgan fingerprint density at radius 3 is 2.88 bits per heavy atom. The first-order valence-electron chi connectivity index (χ1n) is 9.20. The number of likely N-dealkylation sites (tertiary alicyclic amines) is 1. The molecule has 0 bridgehead atoms. The van der Waals surface area contributed by atoms with Crippen LogP contribution in [0.5, 0.6) is 0 Å². The van der Waals surface area contributed by atoms with E-state index >= 15 is 0 Å². The zero-order valence-corrected chi connectivity index (χ0v) is 14.8. The van der Waals surface area contributed by atoms with Gasteiger partial charge in [0, 0.05) is 49.2 Å². The monoisotopic (exact) mass is 350 g/mol. The molecule has 1 aliphatic heterocycles. The molecule has 0 unspecified atom stereocenters. The first-order valence-corrected chi connectivity index (χ1v) is 9.20. The van der Waals surface area contributed by atoms with E-state index in [1.54, 1.807) is 0 Å². The molecule has 134 valence electrons. The summed E-state index contributed by atoms with van der Waals surface area (Å²) >= 11 is 0. The number of furan rings is 1. The Morgan fingerprint density at radius 1 is 1.27 bits per heavy atom. The number of nitrogens with one attached hydrogen (secondary N) is 1. The Bertz CT molecular complexity index is 956. The molecule has 1 N–H and O–H groups in total. The summed E-state index contributed by atoms with van der Waals surface area (Å²) in [6.45, 7) is 0.682. The maximum atomic E-state index is 12.7. The molecule has 1 aromatic carbocycles. The van der Waals surface area contributed by atoms with Gasteiger partial charge in [-0.1, -0.05) is 18.2 Å². The number of hydrogen-bond acceptors (Lipinski definition) is 4. The maximum absolute atomic E-state index is 12.7. The lowest BCUT2D eigenvalue weighted by atomic mass is 10.0. The molecule has 0 spiro atoms. The number of para-hydroxylation sites is 1. The second-order valence-electron chi connectivity index (χ2n) is 7.31. The van der Waals surface area contributed by atoms with Gasteiger partial charge in [0.15, 0.2) is 0 Å². The minimum Gasteiger partial charge on any atom is -0.464 e. The highest BCUT2D eigenvalue weighted by Gasteiger charge is 2.48. The molecule has 5 rings (SSSR count). The summed E-state index contributed by atoms with van der Waals surface area (Å²) in [4.78, 5) is 14.8. The molecule has 3 heterocycles. The number of amides is 1. The Kier molecular flexibility index (Phi) is 3.60. The van der Waals surface area contributed by atoms with Gasteiger partial charge in [-0.15, -0.1) is 0 Å². The van der Waals surface area contributed by atoms with Gasteiger partial charge in [0.05, 0.1) is 18.0 Å². The van der Waals surface area contributed by atoms with E-state index in [0.29, 0.717) is 19.0 Å². The van der Waals surface area contributed by atoms with E-state index in [9.17, 15) is 4.79 Å². The Morgan fingerprint density at radius 2 is 2.12 bits per heavy atom. The molecule has 0 radical (unpaired) electrons. The quantitative estimate of drug-likeness (QED) is 0.768. The number of fused-ring (bicyclic) bond motifs is 1. The van der Waals surface area contributed by atoms with E-state index in [0.717, 1.165) is 35.1 Å². The topological polar surface area (TPSA) is 63.3 Å². The lowest BCUT2D eigenvalue weighted by Crippen LogP contribution is -2.38. The van der Waals surface area contributed by atoms with Crippen molar-refractivity contribution in [2.75, 3.05) is 0 Å². The van der Waals surface area contributed by atoms with Crippen LogP contribution < -0.4 is 5.32 Å². The number of benzene rings is 1. The SMILES string of the molecule is Cn1nccc1[C@H]1[C@H](NCc2coc3ccccc23)CC(=O)N1C1CC1. The third-order valence-corrected chi connectivity index (χ3v) is 5.58. The number of aromatic nitrogens is 2. The summed E-state index contributed by atoms with van der Waals surface area (Å²) < 4.78 is 7.53. The van der Waals surface area contributed by atoms with Crippen molar-refractivity contribution in [1.29, 1.82) is 0 Å². The van der Waals surface area contributed by atoms with Gasteiger partial charge in [0.2, 0.25) is 5.91 Å². The molecule has 2 fully saturated rings. The fraction of sp³-hybridized carbons (Fsp3) is 0.400. The molecule has 1 amide bonds. The van der Waals surface area contributed by atoms with Gasteiger partial charge >= 0.3 is 0 Å². The molecule has 26 heavy (non-hydrogen) atoms. The smallest absolute Gasteiger partial charge is 0.225 e. The number of carbonyl (C=O) groups excluding carboxylic acids is 1. The predicted octanol–water partition coefficient (Wildman–Crippen LogP) is 2.76. The molecule has 6 nitrogen and oxygen atoms in total. The number of aryl methyl sites for hydroxylation is 1. The largest absolute Gasteiger partial charge is 0.464 e. The van der Waals surface area contributed by atoms with Gasteiger partial charge in [-0.25, -0.2) is 0 Å². The molecule has 2 atom stereocenters. The third kappa shape index (κ3) is 2.52. The van der Waals surface area contributed by atoms with Crippen LogP contribution >= 0.6 is 0 Å². The summed E-state index contributed by atoms with van der Waals surface area (Å²) in [5.74, 6) is 0.244. The standard InChI is InChI=1S/C20H22N4O2/c1-23-17(8-9-22-23)20-16(10-19(25)24(20)14-6-7-14)21-11-13-12-26-18-5-3-2-4-15(13)18/h2-5,8-9,12,14,16,20-21H,6-7,10-11H2,1H3/t16-,20-/m1/s1.